The quantitative estimate of drug-likeness (QED) is 0.250. The Morgan fingerprint density at radius 3 is 2.51 bits per heavy atom. The number of fused-ring (bicyclic) bond motifs is 3. The zero-order valence-corrected chi connectivity index (χ0v) is 23.0. The lowest BCUT2D eigenvalue weighted by molar-refractivity contribution is -0.00939. The van der Waals surface area contributed by atoms with Crippen molar-refractivity contribution in [3.8, 4) is 11.1 Å². The SMILES string of the molecule is COC(=O)N(c1cccc2c1Cc1ccccc1-2)C(CNc1ccc(Br)cc1C(=O)O)COC(C)(C)C. The van der Waals surface area contributed by atoms with E-state index in [1.54, 1.807) is 23.1 Å². The summed E-state index contributed by atoms with van der Waals surface area (Å²) < 4.78 is 12.1. The van der Waals surface area contributed by atoms with E-state index in [9.17, 15) is 14.7 Å². The van der Waals surface area contributed by atoms with E-state index >= 15 is 0 Å². The van der Waals surface area contributed by atoms with Crippen LogP contribution >= 0.6 is 15.9 Å². The molecule has 3 aromatic rings. The van der Waals surface area contributed by atoms with Crippen molar-refractivity contribution in [1.29, 1.82) is 0 Å². The molecule has 0 bridgehead atoms. The second-order valence-electron chi connectivity index (χ2n) is 9.93. The predicted molar refractivity (Wildman–Crippen MR) is 149 cm³/mol. The Bertz CT molecular complexity index is 1320. The number of methoxy groups -OCH3 is 1. The molecule has 4 rings (SSSR count). The van der Waals surface area contributed by atoms with E-state index in [4.69, 9.17) is 9.47 Å². The standard InChI is InChI=1S/C29H31BrN2O5/c1-29(2,3)37-17-20(16-31-25-13-12-19(30)15-24(25)27(33)34)32(28(35)36-4)26-11-7-10-22-21-9-6-5-8-18(21)14-23(22)26/h5-13,15,20,31H,14,16-17H2,1-4H3,(H,33,34). The molecule has 1 amide bonds. The number of benzene rings is 3. The monoisotopic (exact) mass is 566 g/mol. The van der Waals surface area contributed by atoms with Crippen molar-refractivity contribution in [3.05, 3.63) is 81.8 Å². The molecule has 3 aromatic carbocycles. The van der Waals surface area contributed by atoms with Crippen molar-refractivity contribution >= 4 is 39.4 Å². The number of hydrogen-bond donors (Lipinski definition) is 2. The summed E-state index contributed by atoms with van der Waals surface area (Å²) in [4.78, 5) is 26.8. The predicted octanol–water partition coefficient (Wildman–Crippen LogP) is 6.59. The fourth-order valence-electron chi connectivity index (χ4n) is 4.55. The highest BCUT2D eigenvalue weighted by Crippen LogP contribution is 2.42. The molecule has 8 heteroatoms. The van der Waals surface area contributed by atoms with Crippen molar-refractivity contribution in [2.24, 2.45) is 0 Å². The van der Waals surface area contributed by atoms with Gasteiger partial charge in [0.2, 0.25) is 0 Å². The second kappa shape index (κ2) is 10.9. The average molecular weight is 567 g/mol. The van der Waals surface area contributed by atoms with Gasteiger partial charge in [-0.15, -0.1) is 0 Å². The summed E-state index contributed by atoms with van der Waals surface area (Å²) in [6.45, 7) is 6.31. The lowest BCUT2D eigenvalue weighted by Crippen LogP contribution is -2.48. The molecule has 0 saturated heterocycles. The average Bonchev–Trinajstić information content (AvgIpc) is 3.24. The molecule has 0 aromatic heterocycles. The van der Waals surface area contributed by atoms with Crippen LogP contribution in [0.15, 0.2) is 65.1 Å². The van der Waals surface area contributed by atoms with Gasteiger partial charge in [0.05, 0.1) is 36.6 Å². The second-order valence-corrected chi connectivity index (χ2v) is 10.8. The molecule has 37 heavy (non-hydrogen) atoms. The van der Waals surface area contributed by atoms with E-state index in [-0.39, 0.29) is 18.7 Å². The van der Waals surface area contributed by atoms with Gasteiger partial charge in [-0.1, -0.05) is 52.3 Å². The molecular formula is C29H31BrN2O5. The molecule has 0 spiro atoms. The summed E-state index contributed by atoms with van der Waals surface area (Å²) in [7, 11) is 1.36. The summed E-state index contributed by atoms with van der Waals surface area (Å²) in [5.41, 5.74) is 5.38. The Labute approximate surface area is 225 Å². The lowest BCUT2D eigenvalue weighted by atomic mass is 10.0. The Balaban J connectivity index is 1.73. The Morgan fingerprint density at radius 1 is 1.08 bits per heavy atom. The summed E-state index contributed by atoms with van der Waals surface area (Å²) in [6, 6.07) is 18.7. The van der Waals surface area contributed by atoms with Crippen molar-refractivity contribution in [2.75, 3.05) is 30.5 Å². The zero-order valence-electron chi connectivity index (χ0n) is 21.4. The number of carboxylic acid groups (broad SMARTS) is 1. The number of rotatable bonds is 8. The van der Waals surface area contributed by atoms with Gasteiger partial charge >= 0.3 is 12.1 Å². The van der Waals surface area contributed by atoms with Gasteiger partial charge in [-0.2, -0.15) is 0 Å². The zero-order chi connectivity index (χ0) is 26.7. The number of hydrogen-bond acceptors (Lipinski definition) is 5. The molecule has 0 heterocycles. The maximum absolute atomic E-state index is 13.3. The molecule has 194 valence electrons. The molecular weight excluding hydrogens is 536 g/mol. The molecule has 1 aliphatic carbocycles. The highest BCUT2D eigenvalue weighted by molar-refractivity contribution is 9.10. The van der Waals surface area contributed by atoms with Crippen LogP contribution in [-0.2, 0) is 15.9 Å². The van der Waals surface area contributed by atoms with Crippen LogP contribution in [0.2, 0.25) is 0 Å². The van der Waals surface area contributed by atoms with Crippen LogP contribution < -0.4 is 10.2 Å². The maximum Gasteiger partial charge on any atom is 0.414 e. The molecule has 1 aliphatic rings. The number of carboxylic acids is 1. The number of aromatic carboxylic acids is 1. The maximum atomic E-state index is 13.3. The van der Waals surface area contributed by atoms with Gasteiger partial charge in [0.25, 0.3) is 0 Å². The first kappa shape index (κ1) is 26.7. The van der Waals surface area contributed by atoms with Gasteiger partial charge < -0.3 is 19.9 Å². The summed E-state index contributed by atoms with van der Waals surface area (Å²) in [6.07, 6.45) is 0.189. The molecule has 1 atom stereocenters. The first-order valence-electron chi connectivity index (χ1n) is 12.1. The minimum absolute atomic E-state index is 0.130. The molecule has 0 aliphatic heterocycles. The summed E-state index contributed by atoms with van der Waals surface area (Å²) in [5, 5.41) is 12.9. The first-order chi connectivity index (χ1) is 17.6. The number of carbonyl (C=O) groups is 2. The van der Waals surface area contributed by atoms with Crippen LogP contribution in [0.5, 0.6) is 0 Å². The molecule has 0 radical (unpaired) electrons. The van der Waals surface area contributed by atoms with Crippen LogP contribution in [0, 0.1) is 0 Å². The van der Waals surface area contributed by atoms with Gasteiger partial charge in [-0.3, -0.25) is 4.90 Å². The number of halogens is 1. The minimum Gasteiger partial charge on any atom is -0.478 e. The van der Waals surface area contributed by atoms with Gasteiger partial charge in [0.1, 0.15) is 0 Å². The van der Waals surface area contributed by atoms with Crippen LogP contribution in [0.4, 0.5) is 16.2 Å². The highest BCUT2D eigenvalue weighted by atomic mass is 79.9. The van der Waals surface area contributed by atoms with E-state index in [0.717, 1.165) is 22.4 Å². The van der Waals surface area contributed by atoms with Crippen molar-refractivity contribution in [3.63, 3.8) is 0 Å². The lowest BCUT2D eigenvalue weighted by Gasteiger charge is -2.34. The topological polar surface area (TPSA) is 88.1 Å². The normalized spacial score (nSPS) is 12.9. The van der Waals surface area contributed by atoms with Gasteiger partial charge in [0, 0.05) is 23.1 Å². The molecule has 7 nitrogen and oxygen atoms in total. The fraction of sp³-hybridized carbons (Fsp3) is 0.310. The van der Waals surface area contributed by atoms with E-state index in [2.05, 4.69) is 39.4 Å². The van der Waals surface area contributed by atoms with E-state index in [1.165, 1.54) is 12.7 Å². The number of nitrogens with one attached hydrogen (secondary N) is 1. The number of amides is 1. The fourth-order valence-corrected chi connectivity index (χ4v) is 4.92. The van der Waals surface area contributed by atoms with Gasteiger partial charge in [-0.25, -0.2) is 9.59 Å². The third-order valence-corrected chi connectivity index (χ3v) is 6.76. The number of nitrogens with zero attached hydrogens (tertiary/aromatic N) is 1. The summed E-state index contributed by atoms with van der Waals surface area (Å²) >= 11 is 3.33. The molecule has 0 fully saturated rings. The largest absolute Gasteiger partial charge is 0.478 e. The highest BCUT2D eigenvalue weighted by Gasteiger charge is 2.32. The first-order valence-corrected chi connectivity index (χ1v) is 12.9. The van der Waals surface area contributed by atoms with Crippen molar-refractivity contribution < 1.29 is 24.2 Å². The Hall–Kier alpha value is -3.36. The third-order valence-electron chi connectivity index (χ3n) is 6.27. The smallest absolute Gasteiger partial charge is 0.414 e. The summed E-state index contributed by atoms with van der Waals surface area (Å²) in [5.74, 6) is -1.05. The minimum atomic E-state index is -1.05. The Morgan fingerprint density at radius 2 is 1.81 bits per heavy atom. The number of anilines is 2. The van der Waals surface area contributed by atoms with Crippen LogP contribution in [0.25, 0.3) is 11.1 Å². The van der Waals surface area contributed by atoms with Crippen LogP contribution in [0.3, 0.4) is 0 Å². The third kappa shape index (κ3) is 5.97. The molecule has 0 saturated carbocycles. The molecule has 2 N–H and O–H groups in total. The van der Waals surface area contributed by atoms with Gasteiger partial charge in [0.15, 0.2) is 0 Å². The van der Waals surface area contributed by atoms with E-state index in [1.807, 2.05) is 45.0 Å². The van der Waals surface area contributed by atoms with Crippen LogP contribution in [0.1, 0.15) is 42.3 Å². The van der Waals surface area contributed by atoms with Crippen molar-refractivity contribution in [2.45, 2.75) is 38.8 Å². The van der Waals surface area contributed by atoms with E-state index < -0.39 is 23.7 Å². The Kier molecular flexibility index (Phi) is 7.90. The van der Waals surface area contributed by atoms with Crippen molar-refractivity contribution in [1.82, 2.24) is 0 Å². The number of ether oxygens (including phenoxy) is 2. The molecule has 1 unspecified atom stereocenters. The van der Waals surface area contributed by atoms with E-state index in [0.29, 0.717) is 16.6 Å². The van der Waals surface area contributed by atoms with Crippen LogP contribution in [-0.4, -0.2) is 49.1 Å². The van der Waals surface area contributed by atoms with Gasteiger partial charge in [-0.05, 0) is 67.3 Å². The number of carbonyl (C=O) groups excluding carboxylic acids is 1.